The zero-order valence-corrected chi connectivity index (χ0v) is 36.1. The van der Waals surface area contributed by atoms with Gasteiger partial charge >= 0.3 is 0 Å². The molecule has 10 aromatic rings. The zero-order chi connectivity index (χ0) is 43.0. The van der Waals surface area contributed by atoms with Crippen molar-refractivity contribution in [2.75, 3.05) is 4.90 Å². The lowest BCUT2D eigenvalue weighted by atomic mass is 9.81. The minimum absolute atomic E-state index is 0.0977. The van der Waals surface area contributed by atoms with Crippen molar-refractivity contribution < 1.29 is 0 Å². The summed E-state index contributed by atoms with van der Waals surface area (Å²) in [7, 11) is 0. The second-order valence-corrected chi connectivity index (χ2v) is 17.3. The van der Waals surface area contributed by atoms with Crippen LogP contribution in [0.15, 0.2) is 249 Å². The van der Waals surface area contributed by atoms with E-state index in [1.165, 1.54) is 77.9 Å². The van der Waals surface area contributed by atoms with Crippen molar-refractivity contribution in [2.24, 2.45) is 0 Å². The Morgan fingerprint density at radius 2 is 0.703 bits per heavy atom. The van der Waals surface area contributed by atoms with Crippen molar-refractivity contribution in [2.45, 2.75) is 19.3 Å². The zero-order valence-electron chi connectivity index (χ0n) is 36.1. The van der Waals surface area contributed by atoms with Gasteiger partial charge in [0, 0.05) is 22.2 Å². The summed E-state index contributed by atoms with van der Waals surface area (Å²) in [6, 6.07) is 91.0. The Kier molecular flexibility index (Phi) is 9.94. The molecule has 0 spiro atoms. The fourth-order valence-corrected chi connectivity index (χ4v) is 9.94. The van der Waals surface area contributed by atoms with E-state index in [1.807, 2.05) is 0 Å². The minimum atomic E-state index is -0.0977. The largest absolute Gasteiger partial charge is 0.309 e. The average Bonchev–Trinajstić information content (AvgIpc) is 3.60. The van der Waals surface area contributed by atoms with Crippen molar-refractivity contribution in [1.29, 1.82) is 0 Å². The topological polar surface area (TPSA) is 3.24 Å². The predicted molar refractivity (Wildman–Crippen MR) is 271 cm³/mol. The van der Waals surface area contributed by atoms with Crippen LogP contribution in [0.2, 0.25) is 0 Å². The summed E-state index contributed by atoms with van der Waals surface area (Å²) < 4.78 is 0. The highest BCUT2D eigenvalue weighted by Crippen LogP contribution is 2.52. The molecule has 0 aromatic heterocycles. The molecule has 1 aliphatic rings. The third kappa shape index (κ3) is 6.93. The Hall–Kier alpha value is -8.00. The van der Waals surface area contributed by atoms with E-state index in [2.05, 4.69) is 267 Å². The van der Waals surface area contributed by atoms with Gasteiger partial charge in [-0.05, 0) is 108 Å². The number of anilines is 3. The molecule has 11 rings (SSSR count). The molecule has 0 atom stereocenters. The van der Waals surface area contributed by atoms with E-state index >= 15 is 0 Å². The van der Waals surface area contributed by atoms with Crippen LogP contribution in [0.5, 0.6) is 0 Å². The van der Waals surface area contributed by atoms with Gasteiger partial charge in [0.2, 0.25) is 0 Å². The molecule has 0 radical (unpaired) electrons. The number of benzene rings is 10. The van der Waals surface area contributed by atoms with Gasteiger partial charge in [-0.2, -0.15) is 0 Å². The van der Waals surface area contributed by atoms with Crippen LogP contribution in [0.1, 0.15) is 25.0 Å². The summed E-state index contributed by atoms with van der Waals surface area (Å²) in [5, 5.41) is 0. The lowest BCUT2D eigenvalue weighted by Crippen LogP contribution is -2.15. The smallest absolute Gasteiger partial charge is 0.0546 e. The standard InChI is InChI=1S/C63H47N/c1-63(2)58-33-16-14-30-55(58)56-41-40-50(43-59(56)63)49-26-18-27-51(42-49)64(60-34-17-15-29-53(60)48-38-36-45(37-39-48)44-20-6-3-7-21-44)61-35-19-32-54(47-24-10-5-11-25-47)62(61)57-31-13-12-28-52(57)46-22-8-4-9-23-46/h3-43H,1-2H3. The highest BCUT2D eigenvalue weighted by molar-refractivity contribution is 6.03. The van der Waals surface area contributed by atoms with Crippen molar-refractivity contribution in [1.82, 2.24) is 0 Å². The van der Waals surface area contributed by atoms with Crippen LogP contribution in [0.25, 0.3) is 77.9 Å². The Labute approximate surface area is 377 Å². The molecule has 0 fully saturated rings. The third-order valence-corrected chi connectivity index (χ3v) is 13.1. The van der Waals surface area contributed by atoms with E-state index in [4.69, 9.17) is 0 Å². The van der Waals surface area contributed by atoms with E-state index in [0.717, 1.165) is 28.2 Å². The van der Waals surface area contributed by atoms with E-state index in [9.17, 15) is 0 Å². The van der Waals surface area contributed by atoms with E-state index in [1.54, 1.807) is 0 Å². The minimum Gasteiger partial charge on any atom is -0.309 e. The summed E-state index contributed by atoms with van der Waals surface area (Å²) in [5.74, 6) is 0. The number of fused-ring (bicyclic) bond motifs is 3. The van der Waals surface area contributed by atoms with Crippen LogP contribution in [-0.2, 0) is 5.41 Å². The molecule has 0 bridgehead atoms. The van der Waals surface area contributed by atoms with Crippen LogP contribution < -0.4 is 4.90 Å². The van der Waals surface area contributed by atoms with Gasteiger partial charge in [0.1, 0.15) is 0 Å². The normalized spacial score (nSPS) is 12.3. The first-order valence-corrected chi connectivity index (χ1v) is 22.3. The van der Waals surface area contributed by atoms with Gasteiger partial charge in [-0.3, -0.25) is 0 Å². The number of hydrogen-bond acceptors (Lipinski definition) is 1. The molecular weight excluding hydrogens is 771 g/mol. The molecule has 0 heterocycles. The maximum atomic E-state index is 2.50. The second-order valence-electron chi connectivity index (χ2n) is 17.3. The van der Waals surface area contributed by atoms with Crippen LogP contribution in [0, 0.1) is 0 Å². The summed E-state index contributed by atoms with van der Waals surface area (Å²) in [5.41, 5.74) is 22.7. The number of hydrogen-bond donors (Lipinski definition) is 0. The molecule has 0 saturated heterocycles. The van der Waals surface area contributed by atoms with Crippen LogP contribution in [-0.4, -0.2) is 0 Å². The number of nitrogens with zero attached hydrogens (tertiary/aromatic N) is 1. The highest BCUT2D eigenvalue weighted by Gasteiger charge is 2.35. The second kappa shape index (κ2) is 16.4. The fourth-order valence-electron chi connectivity index (χ4n) is 9.94. The summed E-state index contributed by atoms with van der Waals surface area (Å²) in [6.45, 7) is 4.72. The Balaban J connectivity index is 1.15. The van der Waals surface area contributed by atoms with Gasteiger partial charge in [-0.25, -0.2) is 0 Å². The number of rotatable bonds is 9. The van der Waals surface area contributed by atoms with Gasteiger partial charge in [0.15, 0.2) is 0 Å². The molecule has 0 aliphatic heterocycles. The quantitative estimate of drug-likeness (QED) is 0.140. The molecular formula is C63H47N. The highest BCUT2D eigenvalue weighted by atomic mass is 15.1. The van der Waals surface area contributed by atoms with Gasteiger partial charge in [0.05, 0.1) is 11.4 Å². The van der Waals surface area contributed by atoms with Crippen LogP contribution >= 0.6 is 0 Å². The molecule has 1 heteroatoms. The average molecular weight is 818 g/mol. The summed E-state index contributed by atoms with van der Waals surface area (Å²) in [4.78, 5) is 2.50. The molecule has 0 saturated carbocycles. The Bertz CT molecular complexity index is 3270. The van der Waals surface area contributed by atoms with Gasteiger partial charge < -0.3 is 4.90 Å². The predicted octanol–water partition coefficient (Wildman–Crippen LogP) is 17.5. The van der Waals surface area contributed by atoms with Crippen molar-refractivity contribution in [3.8, 4) is 77.9 Å². The third-order valence-electron chi connectivity index (χ3n) is 13.1. The lowest BCUT2D eigenvalue weighted by Gasteiger charge is -2.32. The maximum Gasteiger partial charge on any atom is 0.0546 e. The van der Waals surface area contributed by atoms with Crippen LogP contribution in [0.3, 0.4) is 0 Å². The van der Waals surface area contributed by atoms with Crippen molar-refractivity contribution >= 4 is 17.1 Å². The van der Waals surface area contributed by atoms with Gasteiger partial charge in [0.25, 0.3) is 0 Å². The molecule has 0 amide bonds. The molecule has 0 unspecified atom stereocenters. The van der Waals surface area contributed by atoms with Crippen LogP contribution in [0.4, 0.5) is 17.1 Å². The lowest BCUT2D eigenvalue weighted by molar-refractivity contribution is 0.660. The molecule has 1 aliphatic carbocycles. The maximum absolute atomic E-state index is 2.50. The van der Waals surface area contributed by atoms with Gasteiger partial charge in [-0.15, -0.1) is 0 Å². The van der Waals surface area contributed by atoms with Crippen molar-refractivity contribution in [3.05, 3.63) is 260 Å². The summed E-state index contributed by atoms with van der Waals surface area (Å²) in [6.07, 6.45) is 0. The first-order valence-electron chi connectivity index (χ1n) is 22.3. The molecule has 64 heavy (non-hydrogen) atoms. The fraction of sp³-hybridized carbons (Fsp3) is 0.0476. The molecule has 304 valence electrons. The van der Waals surface area contributed by atoms with Crippen molar-refractivity contribution in [3.63, 3.8) is 0 Å². The van der Waals surface area contributed by atoms with Gasteiger partial charge in [-0.1, -0.05) is 232 Å². The van der Waals surface area contributed by atoms with E-state index in [-0.39, 0.29) is 5.41 Å². The first-order chi connectivity index (χ1) is 31.5. The molecule has 0 N–H and O–H groups in total. The number of para-hydroxylation sites is 1. The first kappa shape index (κ1) is 38.9. The summed E-state index contributed by atoms with van der Waals surface area (Å²) >= 11 is 0. The van der Waals surface area contributed by atoms with E-state index < -0.39 is 0 Å². The molecule has 10 aromatic carbocycles. The monoisotopic (exact) mass is 817 g/mol. The van der Waals surface area contributed by atoms with E-state index in [0.29, 0.717) is 0 Å². The Morgan fingerprint density at radius 3 is 1.42 bits per heavy atom. The Morgan fingerprint density at radius 1 is 0.266 bits per heavy atom. The SMILES string of the molecule is CC1(C)c2ccccc2-c2ccc(-c3cccc(N(c4ccccc4-c4ccc(-c5ccccc5)cc4)c4cccc(-c5ccccc5)c4-c4ccccc4-c4ccccc4)c3)cc21. The molecule has 1 nitrogen and oxygen atoms in total.